The summed E-state index contributed by atoms with van der Waals surface area (Å²) >= 11 is 0. The van der Waals surface area contributed by atoms with Crippen molar-refractivity contribution in [3.63, 3.8) is 0 Å². The van der Waals surface area contributed by atoms with Crippen LogP contribution in [0.5, 0.6) is 0 Å². The molecule has 1 heterocycles. The molecule has 0 aromatic heterocycles. The highest BCUT2D eigenvalue weighted by atomic mass is 16.3. The summed E-state index contributed by atoms with van der Waals surface area (Å²) in [5.74, 6) is 0.227. The van der Waals surface area contributed by atoms with E-state index in [4.69, 9.17) is 0 Å². The van der Waals surface area contributed by atoms with Crippen molar-refractivity contribution < 1.29 is 9.90 Å². The van der Waals surface area contributed by atoms with Gasteiger partial charge in [-0.3, -0.25) is 9.69 Å². The number of piperidine rings is 1. The van der Waals surface area contributed by atoms with Crippen molar-refractivity contribution in [1.29, 1.82) is 0 Å². The van der Waals surface area contributed by atoms with Crippen molar-refractivity contribution in [2.24, 2.45) is 0 Å². The Hall–Kier alpha value is -0.650. The summed E-state index contributed by atoms with van der Waals surface area (Å²) in [6, 6.07) is 0.497. The third-order valence-corrected chi connectivity index (χ3v) is 5.74. The van der Waals surface area contributed by atoms with Crippen LogP contribution in [0.15, 0.2) is 0 Å². The topological polar surface area (TPSA) is 47.0 Å². The van der Waals surface area contributed by atoms with Crippen LogP contribution in [0, 0.1) is 0 Å². The van der Waals surface area contributed by atoms with Gasteiger partial charge < -0.3 is 14.9 Å². The number of amides is 1. The first-order valence-electron chi connectivity index (χ1n) is 9.20. The van der Waals surface area contributed by atoms with Gasteiger partial charge in [-0.2, -0.15) is 0 Å². The first kappa shape index (κ1) is 18.7. The third kappa shape index (κ3) is 4.91. The molecule has 2 aliphatic rings. The van der Waals surface area contributed by atoms with E-state index in [9.17, 15) is 9.90 Å². The minimum Gasteiger partial charge on any atom is -0.388 e. The van der Waals surface area contributed by atoms with E-state index in [1.165, 1.54) is 32.1 Å². The van der Waals surface area contributed by atoms with Gasteiger partial charge in [0, 0.05) is 25.7 Å². The zero-order valence-corrected chi connectivity index (χ0v) is 15.4. The monoisotopic (exact) mass is 325 g/mol. The fraction of sp³-hybridized carbons (Fsp3) is 0.944. The average Bonchev–Trinajstić information content (AvgIpc) is 2.53. The predicted molar refractivity (Wildman–Crippen MR) is 93.4 cm³/mol. The number of carbonyl (C=O) groups is 1. The number of likely N-dealkylation sites (tertiary alicyclic amines) is 1. The molecule has 0 bridgehead atoms. The Morgan fingerprint density at radius 3 is 2.26 bits per heavy atom. The Balaban J connectivity index is 1.86. The molecular weight excluding hydrogens is 290 g/mol. The standard InChI is InChI=1S/C18H35N3O2/c1-15(20(4)16-8-6-5-7-9-16)17(22)21-12-10-18(23,11-13-21)14-19(2)3/h15-16,23H,5-14H2,1-4H3. The Labute approximate surface area is 141 Å². The van der Waals surface area contributed by atoms with Crippen LogP contribution in [0.2, 0.25) is 0 Å². The summed E-state index contributed by atoms with van der Waals surface area (Å²) in [6.07, 6.45) is 7.71. The molecular formula is C18H35N3O2. The molecule has 134 valence electrons. The van der Waals surface area contributed by atoms with Crippen molar-refractivity contribution in [2.75, 3.05) is 40.8 Å². The van der Waals surface area contributed by atoms with Crippen LogP contribution >= 0.6 is 0 Å². The Kier molecular flexibility index (Phi) is 6.46. The zero-order chi connectivity index (χ0) is 17.0. The van der Waals surface area contributed by atoms with Gasteiger partial charge in [0.2, 0.25) is 5.91 Å². The lowest BCUT2D eigenvalue weighted by molar-refractivity contribution is -0.141. The van der Waals surface area contributed by atoms with Crippen LogP contribution in [-0.2, 0) is 4.79 Å². The number of rotatable bonds is 5. The zero-order valence-electron chi connectivity index (χ0n) is 15.4. The SMILES string of the molecule is CC(C(=O)N1CCC(O)(CN(C)C)CC1)N(C)C1CCCCC1. The molecule has 1 unspecified atom stereocenters. The summed E-state index contributed by atoms with van der Waals surface area (Å²) in [4.78, 5) is 19.1. The Bertz CT molecular complexity index is 386. The summed E-state index contributed by atoms with van der Waals surface area (Å²) in [5.41, 5.74) is -0.640. The van der Waals surface area contributed by atoms with Crippen LogP contribution in [0.25, 0.3) is 0 Å². The summed E-state index contributed by atoms with van der Waals surface area (Å²) in [6.45, 7) is 4.06. The molecule has 5 nitrogen and oxygen atoms in total. The quantitative estimate of drug-likeness (QED) is 0.833. The largest absolute Gasteiger partial charge is 0.388 e. The molecule has 1 atom stereocenters. The number of carbonyl (C=O) groups excluding carboxylic acids is 1. The number of hydrogen-bond acceptors (Lipinski definition) is 4. The van der Waals surface area contributed by atoms with Gasteiger partial charge in [0.05, 0.1) is 11.6 Å². The molecule has 1 saturated heterocycles. The predicted octanol–water partition coefficient (Wildman–Crippen LogP) is 1.55. The molecule has 0 aromatic rings. The maximum absolute atomic E-state index is 12.8. The van der Waals surface area contributed by atoms with Crippen LogP contribution in [0.4, 0.5) is 0 Å². The highest BCUT2D eigenvalue weighted by Crippen LogP contribution is 2.26. The van der Waals surface area contributed by atoms with Crippen LogP contribution in [0.1, 0.15) is 51.9 Å². The lowest BCUT2D eigenvalue weighted by Gasteiger charge is -2.42. The maximum atomic E-state index is 12.8. The number of nitrogens with zero attached hydrogens (tertiary/aromatic N) is 3. The summed E-state index contributed by atoms with van der Waals surface area (Å²) in [5, 5.41) is 10.6. The molecule has 0 radical (unpaired) electrons. The van der Waals surface area contributed by atoms with Crippen LogP contribution in [0.3, 0.4) is 0 Å². The second-order valence-electron chi connectivity index (χ2n) is 7.92. The minimum atomic E-state index is -0.640. The fourth-order valence-electron chi connectivity index (χ4n) is 4.13. The average molecular weight is 325 g/mol. The van der Waals surface area contributed by atoms with E-state index in [0.717, 1.165) is 0 Å². The van der Waals surface area contributed by atoms with Gasteiger partial charge in [0.25, 0.3) is 0 Å². The minimum absolute atomic E-state index is 0.0573. The van der Waals surface area contributed by atoms with Crippen molar-refractivity contribution in [1.82, 2.24) is 14.7 Å². The second kappa shape index (κ2) is 7.95. The van der Waals surface area contributed by atoms with Crippen molar-refractivity contribution in [3.05, 3.63) is 0 Å². The molecule has 23 heavy (non-hydrogen) atoms. The van der Waals surface area contributed by atoms with E-state index in [0.29, 0.717) is 38.5 Å². The van der Waals surface area contributed by atoms with Crippen molar-refractivity contribution >= 4 is 5.91 Å². The Morgan fingerprint density at radius 2 is 1.74 bits per heavy atom. The van der Waals surface area contributed by atoms with Gasteiger partial charge in [-0.25, -0.2) is 0 Å². The van der Waals surface area contributed by atoms with E-state index in [1.54, 1.807) is 0 Å². The van der Waals surface area contributed by atoms with E-state index < -0.39 is 5.60 Å². The van der Waals surface area contributed by atoms with Gasteiger partial charge >= 0.3 is 0 Å². The molecule has 1 N–H and O–H groups in total. The lowest BCUT2D eigenvalue weighted by Crippen LogP contribution is -2.55. The number of aliphatic hydroxyl groups is 1. The van der Waals surface area contributed by atoms with Crippen molar-refractivity contribution in [3.8, 4) is 0 Å². The smallest absolute Gasteiger partial charge is 0.239 e. The molecule has 1 saturated carbocycles. The first-order chi connectivity index (χ1) is 10.8. The van der Waals surface area contributed by atoms with Gasteiger partial charge in [0.15, 0.2) is 0 Å². The van der Waals surface area contributed by atoms with Gasteiger partial charge in [-0.05, 0) is 53.8 Å². The summed E-state index contributed by atoms with van der Waals surface area (Å²) < 4.78 is 0. The highest BCUT2D eigenvalue weighted by molar-refractivity contribution is 5.81. The van der Waals surface area contributed by atoms with E-state index in [1.807, 2.05) is 30.8 Å². The van der Waals surface area contributed by atoms with Gasteiger partial charge in [-0.15, -0.1) is 0 Å². The summed E-state index contributed by atoms with van der Waals surface area (Å²) in [7, 11) is 6.07. The van der Waals surface area contributed by atoms with E-state index in [2.05, 4.69) is 11.9 Å². The molecule has 0 spiro atoms. The number of likely N-dealkylation sites (N-methyl/N-ethyl adjacent to an activating group) is 2. The fourth-order valence-corrected chi connectivity index (χ4v) is 4.13. The second-order valence-corrected chi connectivity index (χ2v) is 7.92. The number of hydrogen-bond donors (Lipinski definition) is 1. The maximum Gasteiger partial charge on any atom is 0.239 e. The first-order valence-corrected chi connectivity index (χ1v) is 9.20. The van der Waals surface area contributed by atoms with Crippen LogP contribution < -0.4 is 0 Å². The van der Waals surface area contributed by atoms with E-state index >= 15 is 0 Å². The third-order valence-electron chi connectivity index (χ3n) is 5.74. The molecule has 5 heteroatoms. The molecule has 1 aliphatic heterocycles. The Morgan fingerprint density at radius 1 is 1.17 bits per heavy atom. The molecule has 2 fully saturated rings. The highest BCUT2D eigenvalue weighted by Gasteiger charge is 2.36. The van der Waals surface area contributed by atoms with Gasteiger partial charge in [0.1, 0.15) is 0 Å². The van der Waals surface area contributed by atoms with Crippen molar-refractivity contribution in [2.45, 2.75) is 69.6 Å². The molecule has 1 amide bonds. The lowest BCUT2D eigenvalue weighted by atomic mass is 9.90. The van der Waals surface area contributed by atoms with Crippen LogP contribution in [-0.4, -0.2) is 84.2 Å². The van der Waals surface area contributed by atoms with Gasteiger partial charge in [-0.1, -0.05) is 19.3 Å². The molecule has 2 rings (SSSR count). The molecule has 0 aromatic carbocycles. The van der Waals surface area contributed by atoms with E-state index in [-0.39, 0.29) is 11.9 Å². The molecule has 1 aliphatic carbocycles. The normalized spacial score (nSPS) is 24.2.